The van der Waals surface area contributed by atoms with E-state index in [0.717, 1.165) is 35.4 Å². The van der Waals surface area contributed by atoms with Gasteiger partial charge < -0.3 is 9.88 Å². The van der Waals surface area contributed by atoms with Gasteiger partial charge in [0, 0.05) is 35.9 Å². The molecule has 0 aliphatic carbocycles. The quantitative estimate of drug-likeness (QED) is 0.638. The second-order valence-corrected chi connectivity index (χ2v) is 6.25. The first-order valence-corrected chi connectivity index (χ1v) is 8.44. The van der Waals surface area contributed by atoms with Gasteiger partial charge in [0.25, 0.3) is 0 Å². The summed E-state index contributed by atoms with van der Waals surface area (Å²) >= 11 is 0. The van der Waals surface area contributed by atoms with Crippen LogP contribution in [-0.4, -0.2) is 14.5 Å². The first kappa shape index (κ1) is 18.7. The predicted octanol–water partition coefficient (Wildman–Crippen LogP) is 4.70. The van der Waals surface area contributed by atoms with Crippen LogP contribution in [0.3, 0.4) is 0 Å². The molecule has 0 aliphatic heterocycles. The van der Waals surface area contributed by atoms with E-state index in [1.807, 2.05) is 19.9 Å². The van der Waals surface area contributed by atoms with Crippen LogP contribution in [0.25, 0.3) is 5.70 Å². The Kier molecular flexibility index (Phi) is 5.30. The number of anilines is 1. The molecule has 0 aliphatic rings. The van der Waals surface area contributed by atoms with Gasteiger partial charge in [-0.05, 0) is 42.7 Å². The lowest BCUT2D eigenvalue weighted by atomic mass is 10.1. The highest BCUT2D eigenvalue weighted by atomic mass is 19.2. The second kappa shape index (κ2) is 7.65. The molecule has 0 saturated heterocycles. The highest BCUT2D eigenvalue weighted by Crippen LogP contribution is 2.19. The average Bonchev–Trinajstić information content (AvgIpc) is 3.06. The molecule has 0 bridgehead atoms. The predicted molar refractivity (Wildman–Crippen MR) is 98.7 cm³/mol. The number of benzene rings is 1. The zero-order chi connectivity index (χ0) is 19.6. The van der Waals surface area contributed by atoms with E-state index < -0.39 is 17.5 Å². The first-order valence-electron chi connectivity index (χ1n) is 8.44. The highest BCUT2D eigenvalue weighted by molar-refractivity contribution is 5.73. The van der Waals surface area contributed by atoms with Gasteiger partial charge in [-0.2, -0.15) is 0 Å². The fourth-order valence-electron chi connectivity index (χ4n) is 2.79. The summed E-state index contributed by atoms with van der Waals surface area (Å²) < 4.78 is 41.3. The molecule has 140 valence electrons. The molecule has 1 aromatic carbocycles. The fraction of sp³-hybridized carbons (Fsp3) is 0.200. The van der Waals surface area contributed by atoms with Gasteiger partial charge in [0.05, 0.1) is 6.33 Å². The third-order valence-electron chi connectivity index (χ3n) is 4.19. The summed E-state index contributed by atoms with van der Waals surface area (Å²) in [6.07, 6.45) is 5.80. The van der Waals surface area contributed by atoms with Crippen molar-refractivity contribution in [3.63, 3.8) is 0 Å². The van der Waals surface area contributed by atoms with E-state index in [1.54, 1.807) is 17.0 Å². The van der Waals surface area contributed by atoms with Crippen molar-refractivity contribution in [3.05, 3.63) is 83.3 Å². The third-order valence-corrected chi connectivity index (χ3v) is 4.19. The molecule has 2 heterocycles. The van der Waals surface area contributed by atoms with E-state index in [1.165, 1.54) is 6.33 Å². The molecule has 27 heavy (non-hydrogen) atoms. The van der Waals surface area contributed by atoms with Crippen molar-refractivity contribution in [2.24, 2.45) is 0 Å². The van der Waals surface area contributed by atoms with Gasteiger partial charge >= 0.3 is 0 Å². The number of imidazole rings is 1. The number of hydrogen-bond acceptors (Lipinski definition) is 3. The Hall–Kier alpha value is -3.09. The molecular formula is C20H19F3N4. The van der Waals surface area contributed by atoms with Crippen LogP contribution < -0.4 is 5.32 Å². The number of halogens is 3. The minimum atomic E-state index is -1.47. The van der Waals surface area contributed by atoms with E-state index >= 15 is 0 Å². The Labute approximate surface area is 155 Å². The van der Waals surface area contributed by atoms with Crippen molar-refractivity contribution in [1.82, 2.24) is 14.5 Å². The number of hydrogen-bond donors (Lipinski definition) is 1. The molecule has 3 rings (SSSR count). The lowest BCUT2D eigenvalue weighted by Crippen LogP contribution is -2.02. The average molecular weight is 372 g/mol. The minimum absolute atomic E-state index is 0.154. The van der Waals surface area contributed by atoms with Gasteiger partial charge in [0.1, 0.15) is 5.82 Å². The van der Waals surface area contributed by atoms with Crippen LogP contribution in [0, 0.1) is 24.4 Å². The van der Waals surface area contributed by atoms with Gasteiger partial charge in [0.15, 0.2) is 17.5 Å². The van der Waals surface area contributed by atoms with E-state index in [9.17, 15) is 13.2 Å². The number of nitrogens with zero attached hydrogens (tertiary/aromatic N) is 3. The normalized spacial score (nSPS) is 10.9. The number of pyridine rings is 1. The maximum Gasteiger partial charge on any atom is 0.194 e. The van der Waals surface area contributed by atoms with Crippen molar-refractivity contribution in [2.75, 3.05) is 5.32 Å². The van der Waals surface area contributed by atoms with Gasteiger partial charge in [-0.3, -0.25) is 4.98 Å². The summed E-state index contributed by atoms with van der Waals surface area (Å²) in [5.74, 6) is -3.37. The molecule has 4 nitrogen and oxygen atoms in total. The Morgan fingerprint density at radius 1 is 1.15 bits per heavy atom. The van der Waals surface area contributed by atoms with Crippen molar-refractivity contribution >= 4 is 11.5 Å². The van der Waals surface area contributed by atoms with Crippen molar-refractivity contribution in [2.45, 2.75) is 26.8 Å². The highest BCUT2D eigenvalue weighted by Gasteiger charge is 2.11. The number of rotatable bonds is 6. The summed E-state index contributed by atoms with van der Waals surface area (Å²) in [7, 11) is 0. The Bertz CT molecular complexity index is 972. The molecule has 0 unspecified atom stereocenters. The minimum Gasteiger partial charge on any atom is -0.339 e. The summed E-state index contributed by atoms with van der Waals surface area (Å²) in [4.78, 5) is 8.62. The van der Waals surface area contributed by atoms with Gasteiger partial charge in [-0.15, -0.1) is 0 Å². The SMILES string of the molecule is C=C(Nc1cn(Cc2cc(F)c(F)c(F)c2)cn1)c1cnc(CC)c(C)c1. The number of aromatic nitrogens is 3. The zero-order valence-corrected chi connectivity index (χ0v) is 15.1. The number of aryl methyl sites for hydroxylation is 2. The summed E-state index contributed by atoms with van der Waals surface area (Å²) in [5, 5.41) is 3.09. The summed E-state index contributed by atoms with van der Waals surface area (Å²) in [6, 6.07) is 3.94. The molecule has 3 aromatic rings. The van der Waals surface area contributed by atoms with Crippen LogP contribution in [0.1, 0.15) is 29.3 Å². The van der Waals surface area contributed by atoms with Gasteiger partial charge in [0.2, 0.25) is 0 Å². The van der Waals surface area contributed by atoms with E-state index in [4.69, 9.17) is 0 Å². The van der Waals surface area contributed by atoms with Gasteiger partial charge in [-0.25, -0.2) is 18.2 Å². The van der Waals surface area contributed by atoms with Crippen molar-refractivity contribution < 1.29 is 13.2 Å². The lowest BCUT2D eigenvalue weighted by molar-refractivity contribution is 0.444. The molecule has 0 radical (unpaired) electrons. The molecule has 2 aromatic heterocycles. The number of nitrogens with one attached hydrogen (secondary N) is 1. The largest absolute Gasteiger partial charge is 0.339 e. The Balaban J connectivity index is 1.71. The monoisotopic (exact) mass is 372 g/mol. The summed E-state index contributed by atoms with van der Waals surface area (Å²) in [6.45, 7) is 8.20. The van der Waals surface area contributed by atoms with Crippen molar-refractivity contribution in [3.8, 4) is 0 Å². The fourth-order valence-corrected chi connectivity index (χ4v) is 2.79. The first-order chi connectivity index (χ1) is 12.9. The Morgan fingerprint density at radius 2 is 1.85 bits per heavy atom. The Morgan fingerprint density at radius 3 is 2.48 bits per heavy atom. The topological polar surface area (TPSA) is 42.7 Å². The molecule has 7 heteroatoms. The van der Waals surface area contributed by atoms with Crippen LogP contribution in [0.4, 0.5) is 19.0 Å². The maximum atomic E-state index is 13.3. The molecule has 0 atom stereocenters. The van der Waals surface area contributed by atoms with Crippen LogP contribution in [0.2, 0.25) is 0 Å². The van der Waals surface area contributed by atoms with Crippen LogP contribution in [0.5, 0.6) is 0 Å². The standard InChI is InChI=1S/C20H19F3N4/c1-4-18-12(2)5-15(8-24-18)13(3)26-19-10-27(11-25-19)9-14-6-16(21)20(23)17(22)7-14/h5-8,10-11,26H,3-4,9H2,1-2H3. The van der Waals surface area contributed by atoms with Crippen molar-refractivity contribution in [1.29, 1.82) is 0 Å². The van der Waals surface area contributed by atoms with Crippen LogP contribution >= 0.6 is 0 Å². The third kappa shape index (κ3) is 4.19. The molecule has 0 spiro atoms. The van der Waals surface area contributed by atoms with Crippen LogP contribution in [-0.2, 0) is 13.0 Å². The second-order valence-electron chi connectivity index (χ2n) is 6.25. The lowest BCUT2D eigenvalue weighted by Gasteiger charge is -2.09. The molecule has 1 N–H and O–H groups in total. The van der Waals surface area contributed by atoms with E-state index in [2.05, 4.69) is 21.9 Å². The zero-order valence-electron chi connectivity index (χ0n) is 15.1. The van der Waals surface area contributed by atoms with Crippen LogP contribution in [0.15, 0.2) is 43.5 Å². The molecule has 0 amide bonds. The molecule has 0 fully saturated rings. The molecular weight excluding hydrogens is 353 g/mol. The maximum absolute atomic E-state index is 13.3. The molecule has 0 saturated carbocycles. The summed E-state index contributed by atoms with van der Waals surface area (Å²) in [5.41, 5.74) is 3.90. The van der Waals surface area contributed by atoms with Gasteiger partial charge in [-0.1, -0.05) is 13.5 Å². The van der Waals surface area contributed by atoms with E-state index in [0.29, 0.717) is 17.1 Å². The van der Waals surface area contributed by atoms with E-state index in [-0.39, 0.29) is 6.54 Å². The smallest absolute Gasteiger partial charge is 0.194 e.